The predicted octanol–water partition coefficient (Wildman–Crippen LogP) is 2.71. The summed E-state index contributed by atoms with van der Waals surface area (Å²) >= 11 is 6.75. The lowest BCUT2D eigenvalue weighted by molar-refractivity contribution is -0.122. The van der Waals surface area contributed by atoms with Crippen LogP contribution in [0.5, 0.6) is 5.75 Å². The second-order valence-corrected chi connectivity index (χ2v) is 5.81. The molecule has 0 saturated carbocycles. The summed E-state index contributed by atoms with van der Waals surface area (Å²) in [5.74, 6) is 0.0253. The van der Waals surface area contributed by atoms with Crippen LogP contribution in [0, 0.1) is 0 Å². The molecule has 1 aliphatic heterocycles. The van der Waals surface area contributed by atoms with Gasteiger partial charge in [0.1, 0.15) is 11.6 Å². The number of ether oxygens (including phenoxy) is 1. The molecular weight excluding hydrogens is 326 g/mol. The van der Waals surface area contributed by atoms with Gasteiger partial charge in [-0.3, -0.25) is 9.59 Å². The number of hydrogen-bond donors (Lipinski definition) is 2. The molecule has 1 unspecified atom stereocenters. The Hall–Kier alpha value is -2.12. The number of aromatic nitrogens is 1. The molecule has 1 aromatic heterocycles. The molecule has 8 heteroatoms. The van der Waals surface area contributed by atoms with Gasteiger partial charge in [0, 0.05) is 10.9 Å². The van der Waals surface area contributed by atoms with Crippen LogP contribution in [0.25, 0.3) is 11.3 Å². The number of halogens is 1. The van der Waals surface area contributed by atoms with Gasteiger partial charge in [-0.25, -0.2) is 4.98 Å². The first-order valence-corrected chi connectivity index (χ1v) is 7.91. The third-order valence-electron chi connectivity index (χ3n) is 3.08. The molecule has 2 N–H and O–H groups in total. The molecule has 3 rings (SSSR count). The van der Waals surface area contributed by atoms with E-state index in [0.717, 1.165) is 5.56 Å². The summed E-state index contributed by atoms with van der Waals surface area (Å²) in [6.45, 7) is 1.69. The molecule has 2 amide bonds. The fraction of sp³-hybridized carbons (Fsp3) is 0.214. The van der Waals surface area contributed by atoms with Crippen molar-refractivity contribution in [1.29, 1.82) is 0 Å². The first-order valence-electron chi connectivity index (χ1n) is 6.50. The summed E-state index contributed by atoms with van der Waals surface area (Å²) in [6.07, 6.45) is -0.505. The number of amides is 2. The van der Waals surface area contributed by atoms with Gasteiger partial charge in [-0.1, -0.05) is 0 Å². The topological polar surface area (TPSA) is 80.3 Å². The van der Waals surface area contributed by atoms with E-state index in [4.69, 9.17) is 16.3 Å². The van der Waals surface area contributed by atoms with Crippen molar-refractivity contribution < 1.29 is 14.3 Å². The number of alkyl halides is 1. The molecule has 0 aliphatic carbocycles. The van der Waals surface area contributed by atoms with Crippen molar-refractivity contribution in [3.8, 4) is 17.0 Å². The maximum Gasteiger partial charge on any atom is 0.265 e. The van der Waals surface area contributed by atoms with Crippen LogP contribution in [0.1, 0.15) is 6.92 Å². The smallest absolute Gasteiger partial charge is 0.265 e. The van der Waals surface area contributed by atoms with E-state index in [9.17, 15) is 9.59 Å². The fourth-order valence-electron chi connectivity index (χ4n) is 1.98. The highest BCUT2D eigenvalue weighted by Crippen LogP contribution is 2.34. The van der Waals surface area contributed by atoms with Crippen molar-refractivity contribution in [2.75, 3.05) is 16.5 Å². The molecule has 6 nitrogen and oxygen atoms in total. The molecule has 1 aromatic carbocycles. The number of carbonyl (C=O) groups excluding carboxylic acids is 2. The molecule has 1 atom stereocenters. The number of benzene rings is 1. The first-order chi connectivity index (χ1) is 10.6. The molecule has 2 heterocycles. The van der Waals surface area contributed by atoms with Crippen LogP contribution in [0.2, 0.25) is 0 Å². The quantitative estimate of drug-likeness (QED) is 0.844. The van der Waals surface area contributed by atoms with Crippen molar-refractivity contribution in [2.45, 2.75) is 13.0 Å². The molecule has 0 radical (unpaired) electrons. The molecule has 0 saturated heterocycles. The Bertz CT molecular complexity index is 747. The predicted molar refractivity (Wildman–Crippen MR) is 85.6 cm³/mol. The molecule has 0 bridgehead atoms. The van der Waals surface area contributed by atoms with E-state index < -0.39 is 6.10 Å². The number of thiazole rings is 1. The van der Waals surface area contributed by atoms with E-state index in [1.165, 1.54) is 11.3 Å². The molecule has 1 aliphatic rings. The number of fused-ring (bicyclic) bond motifs is 1. The Morgan fingerprint density at radius 3 is 3.14 bits per heavy atom. The molecule has 2 aromatic rings. The van der Waals surface area contributed by atoms with E-state index in [2.05, 4.69) is 15.6 Å². The number of hydrogen-bond acceptors (Lipinski definition) is 5. The zero-order valence-electron chi connectivity index (χ0n) is 11.6. The molecule has 22 heavy (non-hydrogen) atoms. The molecule has 0 spiro atoms. The minimum atomic E-state index is -0.505. The summed E-state index contributed by atoms with van der Waals surface area (Å²) in [7, 11) is 0. The Morgan fingerprint density at radius 2 is 2.36 bits per heavy atom. The largest absolute Gasteiger partial charge is 0.479 e. The SMILES string of the molecule is CC1Oc2ccc(-c3csc(NC(=O)CCl)n3)cc2NC1=O. The number of anilines is 2. The zero-order valence-corrected chi connectivity index (χ0v) is 13.1. The molecule has 114 valence electrons. The van der Waals surface area contributed by atoms with Crippen molar-refractivity contribution in [3.63, 3.8) is 0 Å². The Morgan fingerprint density at radius 1 is 1.55 bits per heavy atom. The maximum absolute atomic E-state index is 11.7. The third kappa shape index (κ3) is 2.90. The lowest BCUT2D eigenvalue weighted by Gasteiger charge is -2.23. The van der Waals surface area contributed by atoms with Gasteiger partial charge in [0.15, 0.2) is 11.2 Å². The standard InChI is InChI=1S/C14H12ClN3O3S/c1-7-13(20)16-9-4-8(2-3-11(9)21-7)10-6-22-14(17-10)18-12(19)5-15/h2-4,6-7H,5H2,1H3,(H,16,20)(H,17,18,19). The second-order valence-electron chi connectivity index (χ2n) is 4.68. The van der Waals surface area contributed by atoms with Crippen molar-refractivity contribution in [1.82, 2.24) is 4.98 Å². The number of rotatable bonds is 3. The van der Waals surface area contributed by atoms with Crippen LogP contribution in [0.3, 0.4) is 0 Å². The Labute approximate surface area is 135 Å². The van der Waals surface area contributed by atoms with E-state index in [-0.39, 0.29) is 17.7 Å². The van der Waals surface area contributed by atoms with Crippen LogP contribution >= 0.6 is 22.9 Å². The zero-order chi connectivity index (χ0) is 15.7. The van der Waals surface area contributed by atoms with Crippen LogP contribution in [0.15, 0.2) is 23.6 Å². The number of nitrogens with zero attached hydrogens (tertiary/aromatic N) is 1. The van der Waals surface area contributed by atoms with Crippen LogP contribution in [0.4, 0.5) is 10.8 Å². The summed E-state index contributed by atoms with van der Waals surface area (Å²) < 4.78 is 5.51. The summed E-state index contributed by atoms with van der Waals surface area (Å²) in [5, 5.41) is 7.69. The molecular formula is C14H12ClN3O3S. The van der Waals surface area contributed by atoms with Gasteiger partial charge < -0.3 is 15.4 Å². The van der Waals surface area contributed by atoms with Gasteiger partial charge in [0.2, 0.25) is 5.91 Å². The van der Waals surface area contributed by atoms with Crippen molar-refractivity contribution in [2.24, 2.45) is 0 Å². The van der Waals surface area contributed by atoms with Crippen LogP contribution in [-0.4, -0.2) is 28.8 Å². The fourth-order valence-corrected chi connectivity index (χ4v) is 2.79. The average molecular weight is 338 g/mol. The van der Waals surface area contributed by atoms with Crippen LogP contribution < -0.4 is 15.4 Å². The highest BCUT2D eigenvalue weighted by Gasteiger charge is 2.23. The monoisotopic (exact) mass is 337 g/mol. The van der Waals surface area contributed by atoms with Gasteiger partial charge in [-0.2, -0.15) is 0 Å². The van der Waals surface area contributed by atoms with Gasteiger partial charge in [0.25, 0.3) is 5.91 Å². The summed E-state index contributed by atoms with van der Waals surface area (Å²) in [5.41, 5.74) is 2.13. The van der Waals surface area contributed by atoms with E-state index in [1.807, 2.05) is 11.4 Å². The number of nitrogens with one attached hydrogen (secondary N) is 2. The minimum absolute atomic E-state index is 0.116. The highest BCUT2D eigenvalue weighted by molar-refractivity contribution is 7.14. The van der Waals surface area contributed by atoms with Gasteiger partial charge in [-0.05, 0) is 25.1 Å². The normalized spacial score (nSPS) is 16.5. The third-order valence-corrected chi connectivity index (χ3v) is 4.08. The first kappa shape index (κ1) is 14.8. The minimum Gasteiger partial charge on any atom is -0.479 e. The maximum atomic E-state index is 11.7. The lowest BCUT2D eigenvalue weighted by atomic mass is 10.1. The highest BCUT2D eigenvalue weighted by atomic mass is 35.5. The van der Waals surface area contributed by atoms with Gasteiger partial charge >= 0.3 is 0 Å². The second kappa shape index (κ2) is 5.94. The van der Waals surface area contributed by atoms with E-state index in [1.54, 1.807) is 19.1 Å². The Balaban J connectivity index is 1.86. The van der Waals surface area contributed by atoms with Crippen LogP contribution in [-0.2, 0) is 9.59 Å². The van der Waals surface area contributed by atoms with E-state index >= 15 is 0 Å². The van der Waals surface area contributed by atoms with Gasteiger partial charge in [0.05, 0.1) is 11.4 Å². The summed E-state index contributed by atoms with van der Waals surface area (Å²) in [6, 6.07) is 5.43. The lowest BCUT2D eigenvalue weighted by Crippen LogP contribution is -2.34. The van der Waals surface area contributed by atoms with Crippen molar-refractivity contribution >= 4 is 45.6 Å². The Kier molecular flexibility index (Phi) is 4.00. The van der Waals surface area contributed by atoms with E-state index in [0.29, 0.717) is 22.3 Å². The van der Waals surface area contributed by atoms with Gasteiger partial charge in [-0.15, -0.1) is 22.9 Å². The average Bonchev–Trinajstić information content (AvgIpc) is 2.96. The molecule has 0 fully saturated rings. The van der Waals surface area contributed by atoms with Crippen molar-refractivity contribution in [3.05, 3.63) is 23.6 Å². The summed E-state index contributed by atoms with van der Waals surface area (Å²) in [4.78, 5) is 27.2. The number of carbonyl (C=O) groups is 2.